The Hall–Kier alpha value is -1.38. The SMILES string of the molecule is Cc1ccc(C(=O)N(C)C)c(F)c1. The molecule has 1 amide bonds. The van der Waals surface area contributed by atoms with Crippen molar-refractivity contribution in [1.82, 2.24) is 4.90 Å². The van der Waals surface area contributed by atoms with Crippen LogP contribution in [0.5, 0.6) is 0 Å². The van der Waals surface area contributed by atoms with Gasteiger partial charge in [0.15, 0.2) is 0 Å². The van der Waals surface area contributed by atoms with Crippen molar-refractivity contribution in [3.8, 4) is 0 Å². The molecule has 0 unspecified atom stereocenters. The van der Waals surface area contributed by atoms with Crippen LogP contribution in [0.1, 0.15) is 15.9 Å². The molecule has 0 saturated carbocycles. The van der Waals surface area contributed by atoms with Gasteiger partial charge >= 0.3 is 0 Å². The summed E-state index contributed by atoms with van der Waals surface area (Å²) >= 11 is 0. The Balaban J connectivity index is 3.09. The van der Waals surface area contributed by atoms with Gasteiger partial charge in [0.25, 0.3) is 5.91 Å². The molecule has 0 aliphatic heterocycles. The van der Waals surface area contributed by atoms with E-state index in [-0.39, 0.29) is 11.5 Å². The largest absolute Gasteiger partial charge is 0.345 e. The van der Waals surface area contributed by atoms with E-state index >= 15 is 0 Å². The second kappa shape index (κ2) is 3.56. The van der Waals surface area contributed by atoms with E-state index in [0.29, 0.717) is 0 Å². The van der Waals surface area contributed by atoms with Crippen molar-refractivity contribution in [1.29, 1.82) is 0 Å². The van der Waals surface area contributed by atoms with Gasteiger partial charge < -0.3 is 4.90 Å². The van der Waals surface area contributed by atoms with Crippen LogP contribution in [0.25, 0.3) is 0 Å². The highest BCUT2D eigenvalue weighted by Gasteiger charge is 2.12. The van der Waals surface area contributed by atoms with Crippen molar-refractivity contribution in [2.24, 2.45) is 0 Å². The zero-order valence-electron chi connectivity index (χ0n) is 7.97. The standard InChI is InChI=1S/C10H12FNO/c1-7-4-5-8(9(11)6-7)10(13)12(2)3/h4-6H,1-3H3. The first-order chi connectivity index (χ1) is 6.02. The van der Waals surface area contributed by atoms with E-state index in [4.69, 9.17) is 0 Å². The quantitative estimate of drug-likeness (QED) is 0.647. The maximum Gasteiger partial charge on any atom is 0.256 e. The molecule has 1 rings (SSSR count). The zero-order chi connectivity index (χ0) is 10.0. The molecule has 1 aromatic carbocycles. The number of rotatable bonds is 1. The second-order valence-corrected chi connectivity index (χ2v) is 3.18. The van der Waals surface area contributed by atoms with Gasteiger partial charge in [-0.05, 0) is 24.6 Å². The van der Waals surface area contributed by atoms with Crippen molar-refractivity contribution in [2.75, 3.05) is 14.1 Å². The Kier molecular flexibility index (Phi) is 2.66. The summed E-state index contributed by atoms with van der Waals surface area (Å²) in [5.41, 5.74) is 0.934. The lowest BCUT2D eigenvalue weighted by molar-refractivity contribution is 0.0823. The molecule has 0 spiro atoms. The minimum absolute atomic E-state index is 0.121. The topological polar surface area (TPSA) is 20.3 Å². The predicted octanol–water partition coefficient (Wildman–Crippen LogP) is 1.84. The molecule has 0 heterocycles. The summed E-state index contributed by atoms with van der Waals surface area (Å²) in [6.45, 7) is 1.78. The Bertz CT molecular complexity index is 334. The normalized spacial score (nSPS) is 9.85. The first-order valence-corrected chi connectivity index (χ1v) is 4.00. The van der Waals surface area contributed by atoms with E-state index in [2.05, 4.69) is 0 Å². The fourth-order valence-corrected chi connectivity index (χ4v) is 1.03. The predicted molar refractivity (Wildman–Crippen MR) is 49.2 cm³/mol. The zero-order valence-corrected chi connectivity index (χ0v) is 7.97. The summed E-state index contributed by atoms with van der Waals surface area (Å²) in [5.74, 6) is -0.767. The number of hydrogen-bond donors (Lipinski definition) is 0. The van der Waals surface area contributed by atoms with Crippen LogP contribution in [0.2, 0.25) is 0 Å². The van der Waals surface area contributed by atoms with E-state index < -0.39 is 5.82 Å². The molecule has 3 heteroatoms. The fourth-order valence-electron chi connectivity index (χ4n) is 1.03. The minimum atomic E-state index is -0.460. The number of nitrogens with zero attached hydrogens (tertiary/aromatic N) is 1. The number of hydrogen-bond acceptors (Lipinski definition) is 1. The molecule has 0 aromatic heterocycles. The summed E-state index contributed by atoms with van der Waals surface area (Å²) in [7, 11) is 3.20. The number of aryl methyl sites for hydroxylation is 1. The van der Waals surface area contributed by atoms with E-state index in [9.17, 15) is 9.18 Å². The lowest BCUT2D eigenvalue weighted by Crippen LogP contribution is -2.22. The molecular weight excluding hydrogens is 169 g/mol. The van der Waals surface area contributed by atoms with Gasteiger partial charge in [0.1, 0.15) is 5.82 Å². The van der Waals surface area contributed by atoms with Gasteiger partial charge in [-0.15, -0.1) is 0 Å². The van der Waals surface area contributed by atoms with Gasteiger partial charge in [0, 0.05) is 14.1 Å². The first kappa shape index (κ1) is 9.71. The number of carbonyl (C=O) groups is 1. The smallest absolute Gasteiger partial charge is 0.256 e. The highest BCUT2D eigenvalue weighted by atomic mass is 19.1. The molecule has 0 N–H and O–H groups in total. The van der Waals surface area contributed by atoms with Crippen molar-refractivity contribution in [3.63, 3.8) is 0 Å². The van der Waals surface area contributed by atoms with Crippen molar-refractivity contribution in [2.45, 2.75) is 6.92 Å². The minimum Gasteiger partial charge on any atom is -0.345 e. The van der Waals surface area contributed by atoms with Gasteiger partial charge in [-0.1, -0.05) is 6.07 Å². The molecule has 0 aliphatic rings. The van der Waals surface area contributed by atoms with E-state index in [1.54, 1.807) is 27.1 Å². The summed E-state index contributed by atoms with van der Waals surface area (Å²) < 4.78 is 13.2. The molecule has 0 saturated heterocycles. The van der Waals surface area contributed by atoms with Crippen LogP contribution in [-0.4, -0.2) is 24.9 Å². The van der Waals surface area contributed by atoms with Gasteiger partial charge in [-0.3, -0.25) is 4.79 Å². The van der Waals surface area contributed by atoms with E-state index in [1.807, 2.05) is 0 Å². The molecule has 1 aromatic rings. The van der Waals surface area contributed by atoms with Crippen LogP contribution in [-0.2, 0) is 0 Å². The number of benzene rings is 1. The Morgan fingerprint density at radius 2 is 2.00 bits per heavy atom. The van der Waals surface area contributed by atoms with Crippen molar-refractivity contribution < 1.29 is 9.18 Å². The molecule has 2 nitrogen and oxygen atoms in total. The van der Waals surface area contributed by atoms with Gasteiger partial charge in [-0.2, -0.15) is 0 Å². The summed E-state index contributed by atoms with van der Waals surface area (Å²) in [6, 6.07) is 4.59. The fraction of sp³-hybridized carbons (Fsp3) is 0.300. The van der Waals surface area contributed by atoms with Crippen LogP contribution >= 0.6 is 0 Å². The van der Waals surface area contributed by atoms with Gasteiger partial charge in [-0.25, -0.2) is 4.39 Å². The summed E-state index contributed by atoms with van der Waals surface area (Å²) in [5, 5.41) is 0. The van der Waals surface area contributed by atoms with E-state index in [1.165, 1.54) is 17.0 Å². The second-order valence-electron chi connectivity index (χ2n) is 3.18. The molecule has 13 heavy (non-hydrogen) atoms. The van der Waals surface area contributed by atoms with E-state index in [0.717, 1.165) is 5.56 Å². The molecular formula is C10H12FNO. The molecule has 0 aliphatic carbocycles. The van der Waals surface area contributed by atoms with Crippen LogP contribution in [0.15, 0.2) is 18.2 Å². The third kappa shape index (κ3) is 2.05. The summed E-state index contributed by atoms with van der Waals surface area (Å²) in [6.07, 6.45) is 0. The Labute approximate surface area is 77.0 Å². The third-order valence-electron chi connectivity index (χ3n) is 1.76. The molecule has 0 fully saturated rings. The molecule has 0 radical (unpaired) electrons. The number of carbonyl (C=O) groups excluding carboxylic acids is 1. The van der Waals surface area contributed by atoms with Gasteiger partial charge in [0.2, 0.25) is 0 Å². The average molecular weight is 181 g/mol. The highest BCUT2D eigenvalue weighted by Crippen LogP contribution is 2.11. The van der Waals surface area contributed by atoms with Crippen LogP contribution in [0, 0.1) is 12.7 Å². The third-order valence-corrected chi connectivity index (χ3v) is 1.76. The average Bonchev–Trinajstić information content (AvgIpc) is 2.03. The molecule has 0 atom stereocenters. The monoisotopic (exact) mass is 181 g/mol. The van der Waals surface area contributed by atoms with Gasteiger partial charge in [0.05, 0.1) is 5.56 Å². The van der Waals surface area contributed by atoms with Crippen LogP contribution < -0.4 is 0 Å². The molecule has 70 valence electrons. The summed E-state index contributed by atoms with van der Waals surface area (Å²) in [4.78, 5) is 12.7. The Morgan fingerprint density at radius 3 is 2.46 bits per heavy atom. The molecule has 0 bridgehead atoms. The lowest BCUT2D eigenvalue weighted by atomic mass is 10.1. The Morgan fingerprint density at radius 1 is 1.38 bits per heavy atom. The van der Waals surface area contributed by atoms with Crippen molar-refractivity contribution >= 4 is 5.91 Å². The lowest BCUT2D eigenvalue weighted by Gasteiger charge is -2.10. The van der Waals surface area contributed by atoms with Crippen LogP contribution in [0.4, 0.5) is 4.39 Å². The number of amides is 1. The maximum atomic E-state index is 13.2. The van der Waals surface area contributed by atoms with Crippen molar-refractivity contribution in [3.05, 3.63) is 35.1 Å². The first-order valence-electron chi connectivity index (χ1n) is 4.00. The highest BCUT2D eigenvalue weighted by molar-refractivity contribution is 5.94. The number of halogens is 1. The van der Waals surface area contributed by atoms with Crippen LogP contribution in [0.3, 0.4) is 0 Å². The maximum absolute atomic E-state index is 13.2.